The summed E-state index contributed by atoms with van der Waals surface area (Å²) in [6, 6.07) is 17.9. The van der Waals surface area contributed by atoms with Crippen LogP contribution in [0.3, 0.4) is 0 Å². The lowest BCUT2D eigenvalue weighted by Crippen LogP contribution is -1.94. The number of nitrogens with zero attached hydrogens (tertiary/aromatic N) is 2. The molecule has 3 aromatic rings. The SMILES string of the molecule is N#Cc1cccc(C(=O)/C=C/c2ccc(-c3ccc([N+](=O)[O-])cc3)o2)c1. The molecule has 6 nitrogen and oxygen atoms in total. The molecule has 26 heavy (non-hydrogen) atoms. The number of allylic oxidation sites excluding steroid dienone is 1. The van der Waals surface area contributed by atoms with E-state index in [0.29, 0.717) is 28.2 Å². The summed E-state index contributed by atoms with van der Waals surface area (Å²) in [6.45, 7) is 0. The average molecular weight is 344 g/mol. The van der Waals surface area contributed by atoms with Crippen molar-refractivity contribution >= 4 is 17.5 Å². The van der Waals surface area contributed by atoms with Gasteiger partial charge in [-0.15, -0.1) is 0 Å². The van der Waals surface area contributed by atoms with Crippen LogP contribution in [0.25, 0.3) is 17.4 Å². The number of rotatable bonds is 5. The van der Waals surface area contributed by atoms with Crippen LogP contribution >= 0.6 is 0 Å². The first-order chi connectivity index (χ1) is 12.6. The Labute approximate surface area is 148 Å². The number of hydrogen-bond acceptors (Lipinski definition) is 5. The van der Waals surface area contributed by atoms with E-state index in [1.165, 1.54) is 30.4 Å². The molecule has 0 fully saturated rings. The zero-order valence-corrected chi connectivity index (χ0v) is 13.5. The minimum Gasteiger partial charge on any atom is -0.457 e. The summed E-state index contributed by atoms with van der Waals surface area (Å²) in [7, 11) is 0. The molecule has 1 aromatic heterocycles. The van der Waals surface area contributed by atoms with E-state index in [2.05, 4.69) is 0 Å². The van der Waals surface area contributed by atoms with E-state index in [4.69, 9.17) is 9.68 Å². The number of nitro benzene ring substituents is 1. The van der Waals surface area contributed by atoms with Gasteiger partial charge < -0.3 is 4.42 Å². The summed E-state index contributed by atoms with van der Waals surface area (Å²) in [5.74, 6) is 0.775. The van der Waals surface area contributed by atoms with E-state index >= 15 is 0 Å². The molecule has 0 spiro atoms. The van der Waals surface area contributed by atoms with Crippen molar-refractivity contribution in [1.29, 1.82) is 5.26 Å². The van der Waals surface area contributed by atoms with Crippen LogP contribution in [0.4, 0.5) is 5.69 Å². The van der Waals surface area contributed by atoms with Gasteiger partial charge in [-0.25, -0.2) is 0 Å². The van der Waals surface area contributed by atoms with E-state index in [-0.39, 0.29) is 11.5 Å². The number of ketones is 1. The molecule has 0 saturated heterocycles. The molecule has 0 amide bonds. The van der Waals surface area contributed by atoms with Crippen molar-refractivity contribution < 1.29 is 14.1 Å². The van der Waals surface area contributed by atoms with Crippen LogP contribution in [0.1, 0.15) is 21.7 Å². The zero-order valence-electron chi connectivity index (χ0n) is 13.5. The second-order valence-electron chi connectivity index (χ2n) is 5.40. The highest BCUT2D eigenvalue weighted by atomic mass is 16.6. The van der Waals surface area contributed by atoms with Crippen LogP contribution in [-0.2, 0) is 0 Å². The molecule has 2 aromatic carbocycles. The van der Waals surface area contributed by atoms with Crippen LogP contribution in [0.2, 0.25) is 0 Å². The molecule has 3 rings (SSSR count). The van der Waals surface area contributed by atoms with Crippen LogP contribution in [-0.4, -0.2) is 10.7 Å². The molecule has 6 heteroatoms. The van der Waals surface area contributed by atoms with Crippen LogP contribution in [0, 0.1) is 21.4 Å². The number of carbonyl (C=O) groups is 1. The summed E-state index contributed by atoms with van der Waals surface area (Å²) in [5.41, 5.74) is 1.54. The molecule has 0 unspecified atom stereocenters. The van der Waals surface area contributed by atoms with Crippen molar-refractivity contribution in [2.75, 3.05) is 0 Å². The highest BCUT2D eigenvalue weighted by molar-refractivity contribution is 6.06. The number of benzene rings is 2. The number of non-ortho nitro benzene ring substituents is 1. The molecule has 0 atom stereocenters. The second kappa shape index (κ2) is 7.28. The minimum absolute atomic E-state index is 0.00521. The molecule has 0 aliphatic heterocycles. The van der Waals surface area contributed by atoms with E-state index in [1.807, 2.05) is 6.07 Å². The summed E-state index contributed by atoms with van der Waals surface area (Å²) < 4.78 is 5.64. The highest BCUT2D eigenvalue weighted by Gasteiger charge is 2.08. The van der Waals surface area contributed by atoms with E-state index in [1.54, 1.807) is 42.5 Å². The monoisotopic (exact) mass is 344 g/mol. The molecule has 0 N–H and O–H groups in total. The molecular formula is C20H12N2O4. The van der Waals surface area contributed by atoms with Crippen molar-refractivity contribution in [2.45, 2.75) is 0 Å². The molecular weight excluding hydrogens is 332 g/mol. The van der Waals surface area contributed by atoms with Gasteiger partial charge in [-0.3, -0.25) is 14.9 Å². The fourth-order valence-electron chi connectivity index (χ4n) is 2.34. The third kappa shape index (κ3) is 3.74. The Kier molecular flexibility index (Phi) is 4.72. The van der Waals surface area contributed by atoms with Crippen molar-refractivity contribution in [3.63, 3.8) is 0 Å². The minimum atomic E-state index is -0.465. The molecule has 0 aliphatic carbocycles. The molecule has 126 valence electrons. The largest absolute Gasteiger partial charge is 0.457 e. The first-order valence-corrected chi connectivity index (χ1v) is 7.64. The maximum Gasteiger partial charge on any atom is 0.269 e. The summed E-state index contributed by atoms with van der Waals surface area (Å²) in [4.78, 5) is 22.4. The van der Waals surface area contributed by atoms with Gasteiger partial charge in [0.15, 0.2) is 5.78 Å². The quantitative estimate of drug-likeness (QED) is 0.291. The van der Waals surface area contributed by atoms with Crippen LogP contribution in [0.5, 0.6) is 0 Å². The maximum absolute atomic E-state index is 12.2. The summed E-state index contributed by atoms with van der Waals surface area (Å²) in [6.07, 6.45) is 2.91. The Bertz CT molecular complexity index is 1040. The molecule has 0 saturated carbocycles. The first kappa shape index (κ1) is 16.9. The molecule has 0 radical (unpaired) electrons. The Balaban J connectivity index is 1.75. The van der Waals surface area contributed by atoms with E-state index in [9.17, 15) is 14.9 Å². The Morgan fingerprint density at radius 2 is 1.88 bits per heavy atom. The van der Waals surface area contributed by atoms with Crippen LogP contribution < -0.4 is 0 Å². The third-order valence-electron chi connectivity index (χ3n) is 3.66. The summed E-state index contributed by atoms with van der Waals surface area (Å²) >= 11 is 0. The first-order valence-electron chi connectivity index (χ1n) is 7.64. The topological polar surface area (TPSA) is 97.1 Å². The highest BCUT2D eigenvalue weighted by Crippen LogP contribution is 2.25. The lowest BCUT2D eigenvalue weighted by atomic mass is 10.1. The Morgan fingerprint density at radius 1 is 1.12 bits per heavy atom. The predicted molar refractivity (Wildman–Crippen MR) is 95.3 cm³/mol. The van der Waals surface area contributed by atoms with Gasteiger partial charge in [0.1, 0.15) is 11.5 Å². The van der Waals surface area contributed by atoms with Gasteiger partial charge in [-0.1, -0.05) is 12.1 Å². The average Bonchev–Trinajstić information content (AvgIpc) is 3.15. The molecule has 0 bridgehead atoms. The number of carbonyl (C=O) groups excluding carboxylic acids is 1. The van der Waals surface area contributed by atoms with Crippen LogP contribution in [0.15, 0.2) is 71.2 Å². The number of nitro groups is 1. The smallest absolute Gasteiger partial charge is 0.269 e. The standard InChI is InChI=1S/C20H12N2O4/c21-13-14-2-1-3-16(12-14)19(23)10-8-18-9-11-20(26-18)15-4-6-17(7-5-15)22(24)25/h1-12H/b10-8+. The number of furan rings is 1. The lowest BCUT2D eigenvalue weighted by Gasteiger charge is -1.97. The van der Waals surface area contributed by atoms with Gasteiger partial charge in [0.2, 0.25) is 0 Å². The van der Waals surface area contributed by atoms with E-state index in [0.717, 1.165) is 0 Å². The number of hydrogen-bond donors (Lipinski definition) is 0. The normalized spacial score (nSPS) is 10.6. The molecule has 0 aliphatic rings. The van der Waals surface area contributed by atoms with Crippen molar-refractivity contribution in [3.05, 3.63) is 93.7 Å². The molecule has 1 heterocycles. The predicted octanol–water partition coefficient (Wildman–Crippen LogP) is 4.62. The lowest BCUT2D eigenvalue weighted by molar-refractivity contribution is -0.384. The van der Waals surface area contributed by atoms with Crippen molar-refractivity contribution in [2.24, 2.45) is 0 Å². The Hall–Kier alpha value is -3.98. The fraction of sp³-hybridized carbons (Fsp3) is 0. The van der Waals surface area contributed by atoms with Gasteiger partial charge >= 0.3 is 0 Å². The van der Waals surface area contributed by atoms with Crippen molar-refractivity contribution in [3.8, 4) is 17.4 Å². The third-order valence-corrected chi connectivity index (χ3v) is 3.66. The number of nitriles is 1. The van der Waals surface area contributed by atoms with Gasteiger partial charge in [0, 0.05) is 23.3 Å². The zero-order chi connectivity index (χ0) is 18.5. The van der Waals surface area contributed by atoms with Gasteiger partial charge in [-0.2, -0.15) is 5.26 Å². The van der Waals surface area contributed by atoms with Gasteiger partial charge in [0.25, 0.3) is 5.69 Å². The van der Waals surface area contributed by atoms with Gasteiger partial charge in [-0.05, 0) is 48.6 Å². The second-order valence-corrected chi connectivity index (χ2v) is 5.40. The fourth-order valence-corrected chi connectivity index (χ4v) is 2.34. The van der Waals surface area contributed by atoms with Crippen molar-refractivity contribution in [1.82, 2.24) is 0 Å². The summed E-state index contributed by atoms with van der Waals surface area (Å²) in [5, 5.41) is 19.6. The van der Waals surface area contributed by atoms with Gasteiger partial charge in [0.05, 0.1) is 16.6 Å². The van der Waals surface area contributed by atoms with E-state index < -0.39 is 4.92 Å². The Morgan fingerprint density at radius 3 is 2.58 bits per heavy atom. The maximum atomic E-state index is 12.2.